The fourth-order valence-corrected chi connectivity index (χ4v) is 4.21. The molecule has 2 aliphatic rings. The number of rotatable bonds is 4. The van der Waals surface area contributed by atoms with Crippen molar-refractivity contribution >= 4 is 11.8 Å². The lowest BCUT2D eigenvalue weighted by atomic mass is 9.80. The lowest BCUT2D eigenvalue weighted by Crippen LogP contribution is -2.41. The van der Waals surface area contributed by atoms with Gasteiger partial charge in [0.25, 0.3) is 0 Å². The number of hydrogen-bond acceptors (Lipinski definition) is 5. The molecule has 1 aromatic heterocycles. The molecule has 0 radical (unpaired) electrons. The maximum Gasteiger partial charge on any atom is 0.235 e. The summed E-state index contributed by atoms with van der Waals surface area (Å²) in [6, 6.07) is 0.0865. The van der Waals surface area contributed by atoms with Gasteiger partial charge in [-0.1, -0.05) is 32.9 Å². The van der Waals surface area contributed by atoms with Gasteiger partial charge < -0.3 is 14.7 Å². The SMILES string of the molecule is Cc1noc(C23CC(NC(=O)C(C)C)CC2CN(C(=O)C(C)C)C3)n1. The second kappa shape index (κ2) is 6.42. The van der Waals surface area contributed by atoms with Crippen LogP contribution >= 0.6 is 0 Å². The number of nitrogens with zero attached hydrogens (tertiary/aromatic N) is 3. The summed E-state index contributed by atoms with van der Waals surface area (Å²) in [5.41, 5.74) is -0.346. The maximum atomic E-state index is 12.5. The number of aryl methyl sites for hydroxylation is 1. The highest BCUT2D eigenvalue weighted by Gasteiger charge is 2.58. The lowest BCUT2D eigenvalue weighted by molar-refractivity contribution is -0.134. The largest absolute Gasteiger partial charge is 0.353 e. The van der Waals surface area contributed by atoms with Crippen molar-refractivity contribution in [2.75, 3.05) is 13.1 Å². The fourth-order valence-electron chi connectivity index (χ4n) is 4.21. The molecule has 0 bridgehead atoms. The van der Waals surface area contributed by atoms with Crippen LogP contribution in [0.3, 0.4) is 0 Å². The van der Waals surface area contributed by atoms with Crippen molar-refractivity contribution < 1.29 is 14.1 Å². The highest BCUT2D eigenvalue weighted by molar-refractivity contribution is 5.79. The Kier molecular flexibility index (Phi) is 4.60. The van der Waals surface area contributed by atoms with Gasteiger partial charge in [0.05, 0.1) is 5.41 Å². The number of likely N-dealkylation sites (tertiary alicyclic amines) is 1. The molecule has 2 heterocycles. The van der Waals surface area contributed by atoms with Crippen molar-refractivity contribution in [1.29, 1.82) is 0 Å². The third-order valence-electron chi connectivity index (χ3n) is 5.50. The van der Waals surface area contributed by atoms with E-state index in [1.165, 1.54) is 0 Å². The van der Waals surface area contributed by atoms with Crippen LogP contribution in [0.1, 0.15) is 52.3 Å². The molecule has 7 nitrogen and oxygen atoms in total. The first-order valence-electron chi connectivity index (χ1n) is 9.13. The second-order valence-electron chi connectivity index (χ2n) is 8.17. The van der Waals surface area contributed by atoms with Gasteiger partial charge in [-0.05, 0) is 25.7 Å². The zero-order chi connectivity index (χ0) is 18.4. The summed E-state index contributed by atoms with van der Waals surface area (Å²) in [7, 11) is 0. The zero-order valence-corrected chi connectivity index (χ0v) is 15.7. The monoisotopic (exact) mass is 348 g/mol. The van der Waals surface area contributed by atoms with Crippen LogP contribution < -0.4 is 5.32 Å². The smallest absolute Gasteiger partial charge is 0.235 e. The average Bonchev–Trinajstić information content (AvgIpc) is 3.18. The molecule has 1 N–H and O–H groups in total. The van der Waals surface area contributed by atoms with Gasteiger partial charge in [0.2, 0.25) is 17.7 Å². The third kappa shape index (κ3) is 3.16. The molecule has 1 saturated carbocycles. The van der Waals surface area contributed by atoms with Gasteiger partial charge >= 0.3 is 0 Å². The first kappa shape index (κ1) is 17.9. The Hall–Kier alpha value is -1.92. The minimum atomic E-state index is -0.346. The molecule has 7 heteroatoms. The van der Waals surface area contributed by atoms with Crippen molar-refractivity contribution in [2.45, 2.75) is 58.9 Å². The number of carbonyl (C=O) groups is 2. The van der Waals surface area contributed by atoms with Crippen LogP contribution in [0.25, 0.3) is 0 Å². The number of carbonyl (C=O) groups excluding carboxylic acids is 2. The minimum absolute atomic E-state index is 0.0308. The van der Waals surface area contributed by atoms with Gasteiger partial charge in [-0.25, -0.2) is 0 Å². The topological polar surface area (TPSA) is 88.3 Å². The Morgan fingerprint density at radius 1 is 1.28 bits per heavy atom. The lowest BCUT2D eigenvalue weighted by Gasteiger charge is -2.26. The van der Waals surface area contributed by atoms with Crippen LogP contribution in [0.5, 0.6) is 0 Å². The molecular weight excluding hydrogens is 320 g/mol. The standard InChI is InChI=1S/C18H28N4O3/c1-10(2)15(23)20-14-6-13-8-22(16(24)11(3)4)9-18(13,7-14)17-19-12(5)21-25-17/h10-11,13-14H,6-9H2,1-5H3,(H,20,23). The quantitative estimate of drug-likeness (QED) is 0.894. The third-order valence-corrected chi connectivity index (χ3v) is 5.50. The number of fused-ring (bicyclic) bond motifs is 1. The summed E-state index contributed by atoms with van der Waals surface area (Å²) >= 11 is 0. The molecule has 1 aromatic rings. The van der Waals surface area contributed by atoms with E-state index in [1.54, 1.807) is 6.92 Å². The maximum absolute atomic E-state index is 12.5. The van der Waals surface area contributed by atoms with Gasteiger partial charge in [-0.3, -0.25) is 9.59 Å². The number of aromatic nitrogens is 2. The van der Waals surface area contributed by atoms with Gasteiger partial charge in [0.15, 0.2) is 5.82 Å². The molecule has 3 unspecified atom stereocenters. The van der Waals surface area contributed by atoms with E-state index < -0.39 is 0 Å². The Morgan fingerprint density at radius 2 is 2.00 bits per heavy atom. The number of amides is 2. The van der Waals surface area contributed by atoms with Crippen molar-refractivity contribution in [3.8, 4) is 0 Å². The van der Waals surface area contributed by atoms with Crippen LogP contribution in [-0.2, 0) is 15.0 Å². The molecule has 3 atom stereocenters. The first-order valence-corrected chi connectivity index (χ1v) is 9.13. The summed E-state index contributed by atoms with van der Waals surface area (Å²) in [4.78, 5) is 31.0. The summed E-state index contributed by atoms with van der Waals surface area (Å²) in [6.45, 7) is 10.7. The Morgan fingerprint density at radius 3 is 2.56 bits per heavy atom. The van der Waals surface area contributed by atoms with Crippen molar-refractivity contribution in [1.82, 2.24) is 20.4 Å². The molecule has 3 rings (SSSR count). The van der Waals surface area contributed by atoms with Crippen LogP contribution in [0.2, 0.25) is 0 Å². The summed E-state index contributed by atoms with van der Waals surface area (Å²) in [5, 5.41) is 7.10. The molecule has 2 amide bonds. The van der Waals surface area contributed by atoms with Crippen LogP contribution in [0.4, 0.5) is 0 Å². The Bertz CT molecular complexity index is 669. The molecule has 0 spiro atoms. The van der Waals surface area contributed by atoms with Gasteiger partial charge in [-0.2, -0.15) is 4.98 Å². The van der Waals surface area contributed by atoms with E-state index in [0.717, 1.165) is 12.8 Å². The van der Waals surface area contributed by atoms with Gasteiger partial charge in [-0.15, -0.1) is 0 Å². The zero-order valence-electron chi connectivity index (χ0n) is 15.7. The predicted octanol–water partition coefficient (Wildman–Crippen LogP) is 1.66. The summed E-state index contributed by atoms with van der Waals surface area (Å²) in [5.74, 6) is 1.59. The summed E-state index contributed by atoms with van der Waals surface area (Å²) in [6.07, 6.45) is 1.57. The average molecular weight is 348 g/mol. The fraction of sp³-hybridized carbons (Fsp3) is 0.778. The van der Waals surface area contributed by atoms with Crippen LogP contribution in [0.15, 0.2) is 4.52 Å². The van der Waals surface area contributed by atoms with E-state index in [4.69, 9.17) is 4.52 Å². The van der Waals surface area contributed by atoms with Crippen LogP contribution in [0, 0.1) is 24.7 Å². The second-order valence-corrected chi connectivity index (χ2v) is 8.17. The first-order chi connectivity index (χ1) is 11.7. The molecule has 25 heavy (non-hydrogen) atoms. The van der Waals surface area contributed by atoms with E-state index in [-0.39, 0.29) is 41.0 Å². The molecule has 0 aromatic carbocycles. The van der Waals surface area contributed by atoms with Crippen molar-refractivity contribution in [3.63, 3.8) is 0 Å². The molecule has 1 aliphatic heterocycles. The normalized spacial score (nSPS) is 28.7. The number of nitrogens with one attached hydrogen (secondary N) is 1. The Balaban J connectivity index is 1.85. The highest BCUT2D eigenvalue weighted by atomic mass is 16.5. The molecule has 138 valence electrons. The molecule has 1 aliphatic carbocycles. The predicted molar refractivity (Wildman–Crippen MR) is 91.6 cm³/mol. The van der Waals surface area contributed by atoms with E-state index >= 15 is 0 Å². The minimum Gasteiger partial charge on any atom is -0.353 e. The molecule has 2 fully saturated rings. The molecular formula is C18H28N4O3. The summed E-state index contributed by atoms with van der Waals surface area (Å²) < 4.78 is 5.53. The van der Waals surface area contributed by atoms with E-state index in [1.807, 2.05) is 32.6 Å². The van der Waals surface area contributed by atoms with Crippen molar-refractivity contribution in [2.24, 2.45) is 17.8 Å². The molecule has 1 saturated heterocycles. The number of hydrogen-bond donors (Lipinski definition) is 1. The van der Waals surface area contributed by atoms with E-state index in [2.05, 4.69) is 15.5 Å². The Labute approximate surface area is 148 Å². The van der Waals surface area contributed by atoms with Gasteiger partial charge in [0, 0.05) is 31.0 Å². The highest BCUT2D eigenvalue weighted by Crippen LogP contribution is 2.50. The van der Waals surface area contributed by atoms with Crippen LogP contribution in [-0.4, -0.2) is 46.0 Å². The van der Waals surface area contributed by atoms with E-state index in [9.17, 15) is 9.59 Å². The van der Waals surface area contributed by atoms with E-state index in [0.29, 0.717) is 24.8 Å². The van der Waals surface area contributed by atoms with Gasteiger partial charge in [0.1, 0.15) is 0 Å². The van der Waals surface area contributed by atoms with Crippen molar-refractivity contribution in [3.05, 3.63) is 11.7 Å².